The molecule has 0 saturated heterocycles. The molecule has 2 N–H and O–H groups in total. The van der Waals surface area contributed by atoms with Crippen LogP contribution < -0.4 is 5.32 Å². The van der Waals surface area contributed by atoms with Crippen LogP contribution in [0.4, 0.5) is 18.0 Å². The molecule has 0 radical (unpaired) electrons. The van der Waals surface area contributed by atoms with Crippen LogP contribution in [0.1, 0.15) is 35.4 Å². The van der Waals surface area contributed by atoms with E-state index >= 15 is 0 Å². The number of benzene rings is 3. The van der Waals surface area contributed by atoms with E-state index in [2.05, 4.69) is 5.32 Å². The first-order valence-electron chi connectivity index (χ1n) is 12.3. The van der Waals surface area contributed by atoms with Gasteiger partial charge >= 0.3 is 18.2 Å². The van der Waals surface area contributed by atoms with Gasteiger partial charge in [-0.1, -0.05) is 78.9 Å². The molecule has 1 aliphatic rings. The predicted octanol–water partition coefficient (Wildman–Crippen LogP) is 5.35. The molecule has 4 rings (SSSR count). The number of nitrogens with zero attached hydrogens (tertiary/aromatic N) is 1. The van der Waals surface area contributed by atoms with Gasteiger partial charge in [-0.3, -0.25) is 9.59 Å². The van der Waals surface area contributed by atoms with Crippen LogP contribution in [-0.4, -0.2) is 53.3 Å². The molecular formula is C29H27F3N2O5. The lowest BCUT2D eigenvalue weighted by Crippen LogP contribution is -2.50. The van der Waals surface area contributed by atoms with E-state index in [0.29, 0.717) is 5.56 Å². The van der Waals surface area contributed by atoms with Gasteiger partial charge in [0.05, 0.1) is 12.8 Å². The summed E-state index contributed by atoms with van der Waals surface area (Å²) in [6.45, 7) is -0.586. The van der Waals surface area contributed by atoms with Crippen molar-refractivity contribution in [1.29, 1.82) is 0 Å². The van der Waals surface area contributed by atoms with Crippen molar-refractivity contribution in [1.82, 2.24) is 10.2 Å². The van der Waals surface area contributed by atoms with Crippen molar-refractivity contribution in [3.05, 3.63) is 95.6 Å². The minimum absolute atomic E-state index is 0.117. The largest absolute Gasteiger partial charge is 0.481 e. The number of nitrogens with one attached hydrogen (secondary N) is 1. The van der Waals surface area contributed by atoms with Crippen molar-refractivity contribution < 1.29 is 37.4 Å². The summed E-state index contributed by atoms with van der Waals surface area (Å²) in [7, 11) is 0. The smallest absolute Gasteiger partial charge is 0.407 e. The topological polar surface area (TPSA) is 95.9 Å². The molecule has 1 atom stereocenters. The van der Waals surface area contributed by atoms with Gasteiger partial charge in [0, 0.05) is 19.0 Å². The van der Waals surface area contributed by atoms with E-state index in [1.807, 2.05) is 48.5 Å². The third-order valence-electron chi connectivity index (χ3n) is 6.49. The molecular weight excluding hydrogens is 513 g/mol. The molecule has 2 amide bonds. The zero-order valence-corrected chi connectivity index (χ0v) is 20.9. The highest BCUT2D eigenvalue weighted by atomic mass is 19.4. The summed E-state index contributed by atoms with van der Waals surface area (Å²) < 4.78 is 45.6. The quantitative estimate of drug-likeness (QED) is 0.362. The first-order valence-corrected chi connectivity index (χ1v) is 12.3. The number of hydrogen-bond acceptors (Lipinski definition) is 4. The van der Waals surface area contributed by atoms with Gasteiger partial charge in [-0.05, 0) is 27.8 Å². The fourth-order valence-corrected chi connectivity index (χ4v) is 4.74. The Kier molecular flexibility index (Phi) is 8.53. The maximum absolute atomic E-state index is 13.4. The van der Waals surface area contributed by atoms with E-state index in [9.17, 15) is 27.6 Å². The van der Waals surface area contributed by atoms with Gasteiger partial charge in [0.15, 0.2) is 0 Å². The van der Waals surface area contributed by atoms with E-state index in [1.165, 1.54) is 0 Å². The molecule has 7 nitrogen and oxygen atoms in total. The summed E-state index contributed by atoms with van der Waals surface area (Å²) >= 11 is 0. The zero-order valence-electron chi connectivity index (χ0n) is 20.9. The Morgan fingerprint density at radius 2 is 1.46 bits per heavy atom. The number of alkyl halides is 3. The van der Waals surface area contributed by atoms with Gasteiger partial charge in [0.25, 0.3) is 0 Å². The highest BCUT2D eigenvalue weighted by Crippen LogP contribution is 2.44. The first kappa shape index (κ1) is 27.7. The normalized spacial score (nSPS) is 13.2. The van der Waals surface area contributed by atoms with E-state index in [0.717, 1.165) is 27.2 Å². The average molecular weight is 541 g/mol. The van der Waals surface area contributed by atoms with Crippen LogP contribution in [0.2, 0.25) is 0 Å². The highest BCUT2D eigenvalue weighted by Gasteiger charge is 2.39. The molecule has 0 bridgehead atoms. The highest BCUT2D eigenvalue weighted by molar-refractivity contribution is 5.86. The maximum atomic E-state index is 13.4. The summed E-state index contributed by atoms with van der Waals surface area (Å²) in [6, 6.07) is 21.7. The summed E-state index contributed by atoms with van der Waals surface area (Å²) in [5, 5.41) is 11.2. The third kappa shape index (κ3) is 7.16. The molecule has 0 spiro atoms. The van der Waals surface area contributed by atoms with Crippen LogP contribution in [0.5, 0.6) is 0 Å². The summed E-state index contributed by atoms with van der Waals surface area (Å²) in [5.41, 5.74) is 4.43. The number of carboxylic acid groups (broad SMARTS) is 1. The van der Waals surface area contributed by atoms with Crippen LogP contribution in [0.3, 0.4) is 0 Å². The molecule has 1 aliphatic carbocycles. The van der Waals surface area contributed by atoms with E-state index in [1.54, 1.807) is 30.3 Å². The van der Waals surface area contributed by atoms with Crippen LogP contribution in [0.15, 0.2) is 78.9 Å². The van der Waals surface area contributed by atoms with Crippen LogP contribution in [0.25, 0.3) is 11.1 Å². The molecule has 0 heterocycles. The number of fused-ring (bicyclic) bond motifs is 3. The second kappa shape index (κ2) is 12.0. The molecule has 3 aromatic rings. The minimum atomic E-state index is -4.78. The fourth-order valence-electron chi connectivity index (χ4n) is 4.74. The number of rotatable bonds is 10. The number of hydrogen-bond donors (Lipinski definition) is 2. The maximum Gasteiger partial charge on any atom is 0.407 e. The van der Waals surface area contributed by atoms with Gasteiger partial charge in [0.2, 0.25) is 5.91 Å². The summed E-state index contributed by atoms with van der Waals surface area (Å²) in [5.74, 6) is -2.58. The Balaban J connectivity index is 1.48. The van der Waals surface area contributed by atoms with Crippen molar-refractivity contribution in [3.8, 4) is 11.1 Å². The number of alkyl carbamates (subject to hydrolysis) is 1. The summed E-state index contributed by atoms with van der Waals surface area (Å²) in [6.07, 6.45) is -8.05. The van der Waals surface area contributed by atoms with Crippen molar-refractivity contribution >= 4 is 18.0 Å². The van der Waals surface area contributed by atoms with E-state index in [-0.39, 0.29) is 25.6 Å². The van der Waals surface area contributed by atoms with Crippen molar-refractivity contribution in [2.75, 3.05) is 13.2 Å². The number of carbonyl (C=O) groups excluding carboxylic acids is 2. The molecule has 1 unspecified atom stereocenters. The van der Waals surface area contributed by atoms with Gasteiger partial charge in [0.1, 0.15) is 12.6 Å². The number of aliphatic carboxylic acids is 1. The van der Waals surface area contributed by atoms with E-state index in [4.69, 9.17) is 9.84 Å². The van der Waals surface area contributed by atoms with E-state index < -0.39 is 43.0 Å². The van der Waals surface area contributed by atoms with Gasteiger partial charge in [-0.25, -0.2) is 4.79 Å². The number of carboxylic acids is 1. The molecule has 204 valence electrons. The standard InChI is InChI=1S/C29H27F3N2O5/c30-29(31,32)16-25(27(37)34(15-14-26(35)36)17-19-8-2-1-3-9-19)33-28(38)39-18-24-22-12-6-4-10-20(22)21-11-5-7-13-23(21)24/h1-13,24-25H,14-18H2,(H,33,38)(H,35,36). The fraction of sp³-hybridized carbons (Fsp3) is 0.276. The molecule has 39 heavy (non-hydrogen) atoms. The number of carbonyl (C=O) groups is 3. The number of amides is 2. The second-order valence-electron chi connectivity index (χ2n) is 9.23. The van der Waals surface area contributed by atoms with Crippen LogP contribution in [0, 0.1) is 0 Å². The summed E-state index contributed by atoms with van der Waals surface area (Å²) in [4.78, 5) is 38.1. The average Bonchev–Trinajstić information content (AvgIpc) is 3.22. The Labute approximate surface area is 223 Å². The SMILES string of the molecule is O=C(O)CCN(Cc1ccccc1)C(=O)C(CC(F)(F)F)NC(=O)OCC1c2ccccc2-c2ccccc21. The monoisotopic (exact) mass is 540 g/mol. The van der Waals surface area contributed by atoms with Crippen LogP contribution in [-0.2, 0) is 20.9 Å². The molecule has 0 fully saturated rings. The second-order valence-corrected chi connectivity index (χ2v) is 9.23. The van der Waals surface area contributed by atoms with Gasteiger partial charge < -0.3 is 20.1 Å². The van der Waals surface area contributed by atoms with Crippen molar-refractivity contribution in [3.63, 3.8) is 0 Å². The number of halogens is 3. The predicted molar refractivity (Wildman–Crippen MR) is 137 cm³/mol. The number of ether oxygens (including phenoxy) is 1. The molecule has 0 aromatic heterocycles. The minimum Gasteiger partial charge on any atom is -0.481 e. The van der Waals surface area contributed by atoms with Gasteiger partial charge in [-0.15, -0.1) is 0 Å². The Bertz CT molecular complexity index is 1280. The Hall–Kier alpha value is -4.34. The lowest BCUT2D eigenvalue weighted by molar-refractivity contribution is -0.155. The Morgan fingerprint density at radius 3 is 2.03 bits per heavy atom. The molecule has 0 aliphatic heterocycles. The van der Waals surface area contributed by atoms with Crippen molar-refractivity contribution in [2.24, 2.45) is 0 Å². The van der Waals surface area contributed by atoms with Gasteiger partial charge in [-0.2, -0.15) is 13.2 Å². The molecule has 3 aromatic carbocycles. The Morgan fingerprint density at radius 1 is 0.897 bits per heavy atom. The van der Waals surface area contributed by atoms with Crippen molar-refractivity contribution in [2.45, 2.75) is 37.5 Å². The molecule has 10 heteroatoms. The zero-order chi connectivity index (χ0) is 28.0. The van der Waals surface area contributed by atoms with Crippen LogP contribution >= 0.6 is 0 Å². The third-order valence-corrected chi connectivity index (χ3v) is 6.49. The first-order chi connectivity index (χ1) is 18.6. The lowest BCUT2D eigenvalue weighted by Gasteiger charge is -2.28. The molecule has 0 saturated carbocycles. The lowest BCUT2D eigenvalue weighted by atomic mass is 9.98.